The van der Waals surface area contributed by atoms with Crippen molar-refractivity contribution in [3.05, 3.63) is 71.9 Å². The molecular formula is C25H27N5O5. The quantitative estimate of drug-likeness (QED) is 0.433. The minimum atomic E-state index is -0.974. The molecule has 3 atom stereocenters. The number of amides is 3. The van der Waals surface area contributed by atoms with Crippen molar-refractivity contribution in [1.29, 1.82) is 0 Å². The van der Waals surface area contributed by atoms with Gasteiger partial charge in [-0.25, -0.2) is 0 Å². The number of aryl methyl sites for hydroxylation is 1. The minimum absolute atomic E-state index is 0.00771. The third kappa shape index (κ3) is 5.90. The highest BCUT2D eigenvalue weighted by Crippen LogP contribution is 2.21. The van der Waals surface area contributed by atoms with Crippen LogP contribution in [0.15, 0.2) is 59.1 Å². The molecule has 0 unspecified atom stereocenters. The van der Waals surface area contributed by atoms with Gasteiger partial charge in [-0.05, 0) is 23.6 Å². The summed E-state index contributed by atoms with van der Waals surface area (Å²) in [5, 5.41) is 16.4. The number of aliphatic hydroxyl groups is 1. The van der Waals surface area contributed by atoms with Crippen LogP contribution < -0.4 is 11.1 Å². The molecule has 3 amide bonds. The number of nitrogens with one attached hydrogen (secondary N) is 1. The van der Waals surface area contributed by atoms with Crippen molar-refractivity contribution in [1.82, 2.24) is 20.4 Å². The van der Waals surface area contributed by atoms with Crippen LogP contribution in [0.5, 0.6) is 0 Å². The Hall–Kier alpha value is -4.05. The number of nitrogens with two attached hydrogens (primary N) is 1. The Bertz CT molecular complexity index is 1190. The average molecular weight is 478 g/mol. The molecule has 35 heavy (non-hydrogen) atoms. The van der Waals surface area contributed by atoms with Gasteiger partial charge in [0.15, 0.2) is 5.82 Å². The number of primary amides is 1. The van der Waals surface area contributed by atoms with Crippen LogP contribution in [0, 0.1) is 6.92 Å². The summed E-state index contributed by atoms with van der Waals surface area (Å²) in [6.45, 7) is 1.62. The van der Waals surface area contributed by atoms with E-state index in [1.54, 1.807) is 6.92 Å². The van der Waals surface area contributed by atoms with E-state index in [4.69, 9.17) is 10.3 Å². The molecule has 4 N–H and O–H groups in total. The zero-order valence-electron chi connectivity index (χ0n) is 19.3. The van der Waals surface area contributed by atoms with Crippen LogP contribution in [0.3, 0.4) is 0 Å². The number of hydrogen-bond donors (Lipinski definition) is 3. The summed E-state index contributed by atoms with van der Waals surface area (Å²) in [6, 6.07) is 15.6. The predicted molar refractivity (Wildman–Crippen MR) is 126 cm³/mol. The van der Waals surface area contributed by atoms with E-state index in [0.717, 1.165) is 16.7 Å². The molecule has 4 rings (SSSR count). The van der Waals surface area contributed by atoms with E-state index in [-0.39, 0.29) is 31.7 Å². The van der Waals surface area contributed by atoms with Crippen LogP contribution in [0.4, 0.5) is 0 Å². The fourth-order valence-electron chi connectivity index (χ4n) is 4.17. The first-order chi connectivity index (χ1) is 16.8. The topological polar surface area (TPSA) is 152 Å². The molecule has 0 radical (unpaired) electrons. The monoisotopic (exact) mass is 477 g/mol. The number of benzene rings is 2. The highest BCUT2D eigenvalue weighted by Gasteiger charge is 2.40. The molecule has 2 aromatic carbocycles. The first kappa shape index (κ1) is 24.1. The summed E-state index contributed by atoms with van der Waals surface area (Å²) in [4.78, 5) is 43.2. The van der Waals surface area contributed by atoms with Gasteiger partial charge in [-0.3, -0.25) is 14.4 Å². The lowest BCUT2D eigenvalue weighted by Gasteiger charge is -2.25. The Morgan fingerprint density at radius 1 is 1.14 bits per heavy atom. The number of nitrogens with zero attached hydrogens (tertiary/aromatic N) is 3. The van der Waals surface area contributed by atoms with Crippen molar-refractivity contribution in [2.75, 3.05) is 6.54 Å². The predicted octanol–water partition coefficient (Wildman–Crippen LogP) is 0.762. The largest absolute Gasteiger partial charge is 0.391 e. The van der Waals surface area contributed by atoms with Crippen molar-refractivity contribution < 1.29 is 24.0 Å². The summed E-state index contributed by atoms with van der Waals surface area (Å²) in [7, 11) is 0. The lowest BCUT2D eigenvalue weighted by molar-refractivity contribution is -0.139. The molecular weight excluding hydrogens is 450 g/mol. The fourth-order valence-corrected chi connectivity index (χ4v) is 4.17. The highest BCUT2D eigenvalue weighted by molar-refractivity contribution is 5.92. The maximum absolute atomic E-state index is 13.0. The van der Waals surface area contributed by atoms with Gasteiger partial charge in [-0.15, -0.1) is 0 Å². The smallest absolute Gasteiger partial charge is 0.243 e. The second kappa shape index (κ2) is 10.5. The van der Waals surface area contributed by atoms with Gasteiger partial charge in [-0.1, -0.05) is 59.8 Å². The Labute approximate surface area is 202 Å². The van der Waals surface area contributed by atoms with Crippen LogP contribution in [0.2, 0.25) is 0 Å². The molecule has 3 aromatic rings. The molecule has 1 aromatic heterocycles. The SMILES string of the molecule is Cc1noc(CC(=O)N2C[C@H](O)C[C@H]2C(=O)N[C@H](Cc2ccc(-c3ccccc3)cc2)C(N)=O)n1. The van der Waals surface area contributed by atoms with Crippen molar-refractivity contribution in [3.8, 4) is 11.1 Å². The first-order valence-corrected chi connectivity index (χ1v) is 11.3. The summed E-state index contributed by atoms with van der Waals surface area (Å²) in [6.07, 6.45) is -0.806. The number of β-amino-alcohol motifs (C(OH)–C–C–N with tert-alkyl or cyclic N) is 1. The van der Waals surface area contributed by atoms with Crippen LogP contribution in [-0.4, -0.2) is 62.6 Å². The molecule has 0 saturated carbocycles. The van der Waals surface area contributed by atoms with Gasteiger partial charge in [-0.2, -0.15) is 4.98 Å². The molecule has 0 spiro atoms. The molecule has 1 fully saturated rings. The van der Waals surface area contributed by atoms with Gasteiger partial charge in [0.2, 0.25) is 23.6 Å². The molecule has 0 aliphatic carbocycles. The summed E-state index contributed by atoms with van der Waals surface area (Å²) < 4.78 is 4.98. The second-order valence-corrected chi connectivity index (χ2v) is 8.59. The summed E-state index contributed by atoms with van der Waals surface area (Å²) in [5.74, 6) is -1.16. The van der Waals surface area contributed by atoms with Crippen LogP contribution in [-0.2, 0) is 27.2 Å². The second-order valence-electron chi connectivity index (χ2n) is 8.59. The summed E-state index contributed by atoms with van der Waals surface area (Å²) in [5.41, 5.74) is 8.48. The normalized spacial score (nSPS) is 18.3. The molecule has 10 heteroatoms. The van der Waals surface area contributed by atoms with Gasteiger partial charge in [0.1, 0.15) is 18.5 Å². The fraction of sp³-hybridized carbons (Fsp3) is 0.320. The molecule has 0 bridgehead atoms. The third-order valence-corrected chi connectivity index (χ3v) is 5.93. The van der Waals surface area contributed by atoms with Crippen LogP contribution >= 0.6 is 0 Å². The van der Waals surface area contributed by atoms with E-state index in [2.05, 4.69) is 15.5 Å². The zero-order chi connectivity index (χ0) is 24.9. The van der Waals surface area contributed by atoms with Gasteiger partial charge in [0.25, 0.3) is 0 Å². The molecule has 182 valence electrons. The van der Waals surface area contributed by atoms with E-state index in [1.807, 2.05) is 54.6 Å². The van der Waals surface area contributed by atoms with Crippen molar-refractivity contribution >= 4 is 17.7 Å². The lowest BCUT2D eigenvalue weighted by Crippen LogP contribution is -2.53. The van der Waals surface area contributed by atoms with E-state index < -0.39 is 35.9 Å². The Balaban J connectivity index is 1.41. The Morgan fingerprint density at radius 2 is 1.83 bits per heavy atom. The molecule has 1 aliphatic rings. The molecule has 1 saturated heterocycles. The maximum Gasteiger partial charge on any atom is 0.243 e. The van der Waals surface area contributed by atoms with Crippen LogP contribution in [0.25, 0.3) is 11.1 Å². The molecule has 10 nitrogen and oxygen atoms in total. The van der Waals surface area contributed by atoms with E-state index in [0.29, 0.717) is 5.82 Å². The van der Waals surface area contributed by atoms with E-state index in [1.165, 1.54) is 4.90 Å². The highest BCUT2D eigenvalue weighted by atomic mass is 16.5. The lowest BCUT2D eigenvalue weighted by atomic mass is 10.00. The minimum Gasteiger partial charge on any atom is -0.391 e. The summed E-state index contributed by atoms with van der Waals surface area (Å²) >= 11 is 0. The maximum atomic E-state index is 13.0. The first-order valence-electron chi connectivity index (χ1n) is 11.3. The Kier molecular flexibility index (Phi) is 7.21. The molecule has 1 aliphatic heterocycles. The molecule has 2 heterocycles. The number of likely N-dealkylation sites (tertiary alicyclic amines) is 1. The average Bonchev–Trinajstić information content (AvgIpc) is 3.44. The number of aromatic nitrogens is 2. The number of hydrogen-bond acceptors (Lipinski definition) is 7. The van der Waals surface area contributed by atoms with E-state index >= 15 is 0 Å². The number of aliphatic hydroxyl groups excluding tert-OH is 1. The van der Waals surface area contributed by atoms with Gasteiger partial charge < -0.3 is 25.6 Å². The van der Waals surface area contributed by atoms with Gasteiger partial charge in [0, 0.05) is 19.4 Å². The zero-order valence-corrected chi connectivity index (χ0v) is 19.3. The standard InChI is InChI=1S/C25H27N5O5/c1-15-27-22(35-29-15)13-23(32)30-14-19(31)12-21(30)25(34)28-20(24(26)33)11-16-7-9-18(10-8-16)17-5-3-2-4-6-17/h2-10,19-21,31H,11-14H2,1H3,(H2,26,33)(H,28,34)/t19-,20-,21+/m1/s1. The van der Waals surface area contributed by atoms with Gasteiger partial charge >= 0.3 is 0 Å². The number of carbonyl (C=O) groups is 3. The number of rotatable bonds is 8. The van der Waals surface area contributed by atoms with E-state index in [9.17, 15) is 19.5 Å². The van der Waals surface area contributed by atoms with Crippen molar-refractivity contribution in [2.45, 2.75) is 44.4 Å². The van der Waals surface area contributed by atoms with Gasteiger partial charge in [0.05, 0.1) is 6.10 Å². The van der Waals surface area contributed by atoms with Crippen molar-refractivity contribution in [2.24, 2.45) is 5.73 Å². The third-order valence-electron chi connectivity index (χ3n) is 5.93. The van der Waals surface area contributed by atoms with Crippen molar-refractivity contribution in [3.63, 3.8) is 0 Å². The number of carbonyl (C=O) groups excluding carboxylic acids is 3. The Morgan fingerprint density at radius 3 is 2.46 bits per heavy atom. The van der Waals surface area contributed by atoms with Crippen LogP contribution in [0.1, 0.15) is 23.7 Å².